The van der Waals surface area contributed by atoms with Crippen molar-refractivity contribution in [2.75, 3.05) is 11.9 Å². The number of nitrogens with zero attached hydrogens (tertiary/aromatic N) is 1. The van der Waals surface area contributed by atoms with E-state index >= 15 is 0 Å². The highest BCUT2D eigenvalue weighted by Crippen LogP contribution is 2.32. The zero-order valence-electron chi connectivity index (χ0n) is 12.5. The van der Waals surface area contributed by atoms with Crippen LogP contribution >= 0.6 is 11.6 Å². The highest BCUT2D eigenvalue weighted by molar-refractivity contribution is 6.35. The van der Waals surface area contributed by atoms with E-state index in [1.54, 1.807) is 6.20 Å². The number of halogens is 1. The molecule has 4 nitrogen and oxygen atoms in total. The first-order chi connectivity index (χ1) is 9.99. The van der Waals surface area contributed by atoms with Gasteiger partial charge in [-0.1, -0.05) is 25.4 Å². The average Bonchev–Trinajstić information content (AvgIpc) is 2.43. The van der Waals surface area contributed by atoms with Crippen LogP contribution in [-0.4, -0.2) is 23.5 Å². The van der Waals surface area contributed by atoms with Crippen molar-refractivity contribution in [1.29, 1.82) is 0 Å². The van der Waals surface area contributed by atoms with Crippen LogP contribution in [0.15, 0.2) is 24.4 Å². The lowest BCUT2D eigenvalue weighted by Crippen LogP contribution is -2.27. The van der Waals surface area contributed by atoms with E-state index in [4.69, 9.17) is 11.6 Å². The molecule has 21 heavy (non-hydrogen) atoms. The Balaban J connectivity index is 2.20. The Morgan fingerprint density at radius 1 is 1.43 bits per heavy atom. The molecule has 5 heteroatoms. The molecule has 2 rings (SSSR count). The van der Waals surface area contributed by atoms with Gasteiger partial charge in [0.05, 0.1) is 16.2 Å². The first kappa shape index (κ1) is 15.7. The zero-order chi connectivity index (χ0) is 15.4. The van der Waals surface area contributed by atoms with Crippen LogP contribution < -0.4 is 10.6 Å². The van der Waals surface area contributed by atoms with E-state index in [-0.39, 0.29) is 5.91 Å². The maximum absolute atomic E-state index is 12.0. The van der Waals surface area contributed by atoms with Crippen LogP contribution in [-0.2, 0) is 4.79 Å². The van der Waals surface area contributed by atoms with E-state index in [1.807, 2.05) is 39.0 Å². The molecule has 112 valence electrons. The Bertz CT molecular complexity index is 655. The summed E-state index contributed by atoms with van der Waals surface area (Å²) in [6.07, 6.45) is 2.14. The van der Waals surface area contributed by atoms with Crippen LogP contribution in [0.5, 0.6) is 0 Å². The average molecular weight is 306 g/mol. The third kappa shape index (κ3) is 3.93. The zero-order valence-corrected chi connectivity index (χ0v) is 13.3. The van der Waals surface area contributed by atoms with Gasteiger partial charge in [0.2, 0.25) is 5.91 Å². The van der Waals surface area contributed by atoms with Gasteiger partial charge in [0, 0.05) is 30.6 Å². The van der Waals surface area contributed by atoms with Crippen molar-refractivity contribution in [3.05, 3.63) is 35.0 Å². The predicted octanol–water partition coefficient (Wildman–Crippen LogP) is 3.52. The smallest absolute Gasteiger partial charge is 0.225 e. The number of aromatic nitrogens is 1. The van der Waals surface area contributed by atoms with Gasteiger partial charge in [-0.2, -0.15) is 0 Å². The minimum absolute atomic E-state index is 0.0564. The monoisotopic (exact) mass is 305 g/mol. The maximum atomic E-state index is 12.0. The number of fused-ring (bicyclic) bond motifs is 1. The summed E-state index contributed by atoms with van der Waals surface area (Å²) in [6, 6.07) is 5.96. The number of amides is 1. The van der Waals surface area contributed by atoms with E-state index in [1.165, 1.54) is 0 Å². The third-order valence-corrected chi connectivity index (χ3v) is 3.50. The highest BCUT2D eigenvalue weighted by atomic mass is 35.5. The minimum atomic E-state index is -0.0564. The Morgan fingerprint density at radius 3 is 2.90 bits per heavy atom. The van der Waals surface area contributed by atoms with Gasteiger partial charge in [0.15, 0.2) is 0 Å². The second-order valence-corrected chi connectivity index (χ2v) is 5.76. The molecule has 0 aliphatic heterocycles. The van der Waals surface area contributed by atoms with Gasteiger partial charge in [-0.25, -0.2) is 0 Å². The largest absolute Gasteiger partial charge is 0.324 e. The predicted molar refractivity (Wildman–Crippen MR) is 87.9 cm³/mol. The summed E-state index contributed by atoms with van der Waals surface area (Å²) in [4.78, 5) is 16.4. The summed E-state index contributed by atoms with van der Waals surface area (Å²) >= 11 is 6.28. The molecule has 2 aromatic rings. The van der Waals surface area contributed by atoms with Crippen molar-refractivity contribution < 1.29 is 4.79 Å². The number of hydrogen-bond donors (Lipinski definition) is 2. The van der Waals surface area contributed by atoms with Gasteiger partial charge in [-0.15, -0.1) is 0 Å². The molecule has 1 amide bonds. The Kier molecular flexibility index (Phi) is 5.15. The molecule has 0 spiro atoms. The van der Waals surface area contributed by atoms with Gasteiger partial charge < -0.3 is 10.6 Å². The van der Waals surface area contributed by atoms with E-state index in [0.29, 0.717) is 29.7 Å². The molecule has 0 saturated heterocycles. The summed E-state index contributed by atoms with van der Waals surface area (Å²) < 4.78 is 0. The second kappa shape index (κ2) is 6.87. The number of carbonyl (C=O) groups is 1. The van der Waals surface area contributed by atoms with Gasteiger partial charge >= 0.3 is 0 Å². The molecule has 2 N–H and O–H groups in total. The van der Waals surface area contributed by atoms with Crippen LogP contribution in [0.3, 0.4) is 0 Å². The third-order valence-electron chi connectivity index (χ3n) is 3.20. The molecule has 0 aliphatic rings. The number of benzene rings is 1. The maximum Gasteiger partial charge on any atom is 0.225 e. The minimum Gasteiger partial charge on any atom is -0.324 e. The van der Waals surface area contributed by atoms with Crippen molar-refractivity contribution in [2.24, 2.45) is 0 Å². The quantitative estimate of drug-likeness (QED) is 0.888. The molecule has 0 saturated carbocycles. The number of carbonyl (C=O) groups excluding carboxylic acids is 1. The summed E-state index contributed by atoms with van der Waals surface area (Å²) in [7, 11) is 0. The first-order valence-corrected chi connectivity index (χ1v) is 7.44. The number of nitrogens with one attached hydrogen (secondary N) is 2. The van der Waals surface area contributed by atoms with Crippen LogP contribution in [0.4, 0.5) is 5.69 Å². The highest BCUT2D eigenvalue weighted by Gasteiger charge is 2.12. The van der Waals surface area contributed by atoms with Gasteiger partial charge in [-0.05, 0) is 30.7 Å². The summed E-state index contributed by atoms with van der Waals surface area (Å²) in [6.45, 7) is 6.70. The molecule has 1 aromatic carbocycles. The van der Waals surface area contributed by atoms with E-state index in [2.05, 4.69) is 15.6 Å². The molecular formula is C16H20ClN3O. The fraction of sp³-hybridized carbons (Fsp3) is 0.375. The summed E-state index contributed by atoms with van der Waals surface area (Å²) in [5.74, 6) is -0.0564. The molecule has 1 heterocycles. The standard InChI is InChI=1S/C16H20ClN3O/c1-10(2)18-8-6-14(21)20-16-12-5-4-7-19-15(12)11(3)9-13(16)17/h4-5,7,9-10,18H,6,8H2,1-3H3,(H,20,21). The molecule has 0 fully saturated rings. The van der Waals surface area contributed by atoms with Crippen molar-refractivity contribution in [3.8, 4) is 0 Å². The second-order valence-electron chi connectivity index (χ2n) is 5.36. The molecule has 0 unspecified atom stereocenters. The number of rotatable bonds is 5. The van der Waals surface area contributed by atoms with Crippen LogP contribution in [0.2, 0.25) is 5.02 Å². The Morgan fingerprint density at radius 2 is 2.19 bits per heavy atom. The van der Waals surface area contributed by atoms with E-state index in [9.17, 15) is 4.79 Å². The van der Waals surface area contributed by atoms with Gasteiger partial charge in [0.1, 0.15) is 0 Å². The molecule has 0 aliphatic carbocycles. The lowest BCUT2D eigenvalue weighted by molar-refractivity contribution is -0.116. The number of pyridine rings is 1. The number of anilines is 1. The lowest BCUT2D eigenvalue weighted by atomic mass is 10.1. The van der Waals surface area contributed by atoms with Crippen molar-refractivity contribution in [1.82, 2.24) is 10.3 Å². The fourth-order valence-electron chi connectivity index (χ4n) is 2.18. The van der Waals surface area contributed by atoms with E-state index in [0.717, 1.165) is 16.5 Å². The molecule has 0 atom stereocenters. The normalized spacial score (nSPS) is 11.1. The van der Waals surface area contributed by atoms with Crippen LogP contribution in [0, 0.1) is 6.92 Å². The van der Waals surface area contributed by atoms with E-state index < -0.39 is 0 Å². The van der Waals surface area contributed by atoms with Crippen molar-refractivity contribution in [2.45, 2.75) is 33.2 Å². The lowest BCUT2D eigenvalue weighted by Gasteiger charge is -2.13. The van der Waals surface area contributed by atoms with Crippen molar-refractivity contribution in [3.63, 3.8) is 0 Å². The molecular weight excluding hydrogens is 286 g/mol. The Hall–Kier alpha value is -1.65. The summed E-state index contributed by atoms with van der Waals surface area (Å²) in [5.41, 5.74) is 2.49. The van der Waals surface area contributed by atoms with Gasteiger partial charge in [-0.3, -0.25) is 9.78 Å². The SMILES string of the molecule is Cc1cc(Cl)c(NC(=O)CCNC(C)C)c2cccnc12. The topological polar surface area (TPSA) is 54.0 Å². The number of hydrogen-bond acceptors (Lipinski definition) is 3. The van der Waals surface area contributed by atoms with Gasteiger partial charge in [0.25, 0.3) is 0 Å². The molecule has 0 radical (unpaired) electrons. The summed E-state index contributed by atoms with van der Waals surface area (Å²) in [5, 5.41) is 7.53. The molecule has 0 bridgehead atoms. The number of aryl methyl sites for hydroxylation is 1. The Labute approximate surface area is 129 Å². The molecule has 1 aromatic heterocycles. The van der Waals surface area contributed by atoms with Crippen LogP contribution in [0.25, 0.3) is 10.9 Å². The first-order valence-electron chi connectivity index (χ1n) is 7.06. The van der Waals surface area contributed by atoms with Crippen LogP contribution in [0.1, 0.15) is 25.8 Å². The van der Waals surface area contributed by atoms with Crippen molar-refractivity contribution >= 4 is 34.1 Å². The fourth-order valence-corrected chi connectivity index (χ4v) is 2.50.